The van der Waals surface area contributed by atoms with E-state index in [1.54, 1.807) is 0 Å². The van der Waals surface area contributed by atoms with Crippen molar-refractivity contribution < 1.29 is 9.63 Å². The number of nitrogens with one attached hydrogen (secondary N) is 1. The molecule has 0 aromatic heterocycles. The van der Waals surface area contributed by atoms with Gasteiger partial charge in [-0.15, -0.1) is 0 Å². The fraction of sp³-hybridized carbons (Fsp3) is 0.929. The number of hydrogen-bond acceptors (Lipinski definition) is 3. The number of rotatable bonds is 6. The maximum atomic E-state index is 12.4. The van der Waals surface area contributed by atoms with Gasteiger partial charge in [0.2, 0.25) is 5.91 Å². The normalized spacial score (nSPS) is 17.4. The molecule has 1 amide bonds. The molecule has 3 N–H and O–H groups in total. The van der Waals surface area contributed by atoms with Gasteiger partial charge in [-0.2, -0.15) is 0 Å². The number of carbonyl (C=O) groups excluding carboxylic acids is 1. The van der Waals surface area contributed by atoms with Gasteiger partial charge in [0, 0.05) is 12.0 Å². The van der Waals surface area contributed by atoms with Crippen molar-refractivity contribution in [2.24, 2.45) is 22.6 Å². The first-order valence-corrected chi connectivity index (χ1v) is 6.67. The minimum absolute atomic E-state index is 0.0799. The highest BCUT2D eigenvalue weighted by molar-refractivity contribution is 5.82. The Balaban J connectivity index is 4.73. The molecule has 0 aromatic rings. The van der Waals surface area contributed by atoms with Crippen LogP contribution in [0.5, 0.6) is 0 Å². The molecule has 0 aliphatic rings. The van der Waals surface area contributed by atoms with Crippen LogP contribution in [-0.4, -0.2) is 18.6 Å². The van der Waals surface area contributed by atoms with Crippen molar-refractivity contribution in [3.05, 3.63) is 0 Å². The van der Waals surface area contributed by atoms with Crippen molar-refractivity contribution in [2.45, 2.75) is 61.0 Å². The molecule has 108 valence electrons. The molecular weight excluding hydrogens is 228 g/mol. The third-order valence-electron chi connectivity index (χ3n) is 3.47. The molecular formula is C14H30N2O2. The molecule has 2 atom stereocenters. The summed E-state index contributed by atoms with van der Waals surface area (Å²) in [5, 5.41) is 2.93. The lowest BCUT2D eigenvalue weighted by molar-refractivity contribution is -0.135. The first-order valence-electron chi connectivity index (χ1n) is 6.67. The van der Waals surface area contributed by atoms with Crippen molar-refractivity contribution in [2.75, 3.05) is 6.54 Å². The first kappa shape index (κ1) is 17.4. The van der Waals surface area contributed by atoms with Crippen LogP contribution in [0.15, 0.2) is 0 Å². The zero-order valence-corrected chi connectivity index (χ0v) is 13.0. The van der Waals surface area contributed by atoms with Gasteiger partial charge in [-0.25, -0.2) is 5.90 Å². The van der Waals surface area contributed by atoms with E-state index < -0.39 is 0 Å². The Hall–Kier alpha value is -0.610. The summed E-state index contributed by atoms with van der Waals surface area (Å²) >= 11 is 0. The van der Waals surface area contributed by atoms with E-state index in [1.807, 2.05) is 13.8 Å². The second kappa shape index (κ2) is 6.53. The van der Waals surface area contributed by atoms with E-state index in [9.17, 15) is 4.79 Å². The van der Waals surface area contributed by atoms with Crippen molar-refractivity contribution >= 4 is 5.91 Å². The van der Waals surface area contributed by atoms with Crippen molar-refractivity contribution in [1.82, 2.24) is 5.32 Å². The van der Waals surface area contributed by atoms with Gasteiger partial charge in [-0.1, -0.05) is 41.5 Å². The quantitative estimate of drug-likeness (QED) is 0.719. The second-order valence-corrected chi connectivity index (χ2v) is 6.97. The van der Waals surface area contributed by atoms with Crippen LogP contribution < -0.4 is 11.2 Å². The standard InChI is InChI=1S/C14H30N2O2/c1-10(2)14(7,9-13(4,5)6)12(17)16-8-11(3)18-15/h10-11H,8-9,15H2,1-7H3,(H,16,17). The van der Waals surface area contributed by atoms with Crippen LogP contribution in [0.3, 0.4) is 0 Å². The van der Waals surface area contributed by atoms with Gasteiger partial charge in [0.25, 0.3) is 0 Å². The zero-order chi connectivity index (χ0) is 14.6. The van der Waals surface area contributed by atoms with Crippen molar-refractivity contribution in [1.29, 1.82) is 0 Å². The van der Waals surface area contributed by atoms with E-state index in [0.717, 1.165) is 6.42 Å². The summed E-state index contributed by atoms with van der Waals surface area (Å²) in [7, 11) is 0. The summed E-state index contributed by atoms with van der Waals surface area (Å²) in [4.78, 5) is 17.1. The molecule has 0 aromatic carbocycles. The summed E-state index contributed by atoms with van der Waals surface area (Å²) in [5.41, 5.74) is -0.251. The zero-order valence-electron chi connectivity index (χ0n) is 13.0. The fourth-order valence-electron chi connectivity index (χ4n) is 2.13. The summed E-state index contributed by atoms with van der Waals surface area (Å²) < 4.78 is 0. The lowest BCUT2D eigenvalue weighted by Gasteiger charge is -2.38. The molecule has 4 heteroatoms. The minimum Gasteiger partial charge on any atom is -0.353 e. The largest absolute Gasteiger partial charge is 0.353 e. The van der Waals surface area contributed by atoms with Gasteiger partial charge in [-0.05, 0) is 24.7 Å². The summed E-state index contributed by atoms with van der Waals surface area (Å²) in [6, 6.07) is 0. The number of nitrogens with two attached hydrogens (primary N) is 1. The molecule has 0 fully saturated rings. The molecule has 0 bridgehead atoms. The molecule has 0 radical (unpaired) electrons. The third-order valence-corrected chi connectivity index (χ3v) is 3.47. The van der Waals surface area contributed by atoms with Crippen LogP contribution in [0.1, 0.15) is 54.9 Å². The average molecular weight is 258 g/mol. The molecule has 2 unspecified atom stereocenters. The maximum Gasteiger partial charge on any atom is 0.226 e. The second-order valence-electron chi connectivity index (χ2n) is 6.97. The topological polar surface area (TPSA) is 64.3 Å². The Kier molecular flexibility index (Phi) is 6.30. The Morgan fingerprint density at radius 2 is 1.72 bits per heavy atom. The van der Waals surface area contributed by atoms with Gasteiger partial charge < -0.3 is 5.32 Å². The molecule has 0 saturated carbocycles. The molecule has 18 heavy (non-hydrogen) atoms. The summed E-state index contributed by atoms with van der Waals surface area (Å²) in [6.45, 7) is 15.0. The van der Waals surface area contributed by atoms with Crippen molar-refractivity contribution in [3.63, 3.8) is 0 Å². The number of hydrogen-bond donors (Lipinski definition) is 2. The van der Waals surface area contributed by atoms with Crippen LogP contribution in [0.2, 0.25) is 0 Å². The highest BCUT2D eigenvalue weighted by Gasteiger charge is 2.39. The van der Waals surface area contributed by atoms with E-state index >= 15 is 0 Å². The lowest BCUT2D eigenvalue weighted by atomic mass is 9.68. The van der Waals surface area contributed by atoms with E-state index in [-0.39, 0.29) is 28.8 Å². The first-order chi connectivity index (χ1) is 8.03. The predicted molar refractivity (Wildman–Crippen MR) is 74.8 cm³/mol. The van der Waals surface area contributed by atoms with Gasteiger partial charge in [0.1, 0.15) is 0 Å². The monoisotopic (exact) mass is 258 g/mol. The molecule has 0 aliphatic heterocycles. The lowest BCUT2D eigenvalue weighted by Crippen LogP contribution is -2.46. The third kappa shape index (κ3) is 5.36. The van der Waals surface area contributed by atoms with Crippen LogP contribution in [0.25, 0.3) is 0 Å². The molecule has 0 aliphatic carbocycles. The Morgan fingerprint density at radius 1 is 1.22 bits per heavy atom. The summed E-state index contributed by atoms with van der Waals surface area (Å²) in [6.07, 6.45) is 0.682. The SMILES string of the molecule is CC(CNC(=O)C(C)(CC(C)(C)C)C(C)C)ON. The fourth-order valence-corrected chi connectivity index (χ4v) is 2.13. The van der Waals surface area contributed by atoms with E-state index in [2.05, 4.69) is 44.8 Å². The Labute approximate surface area is 112 Å². The van der Waals surface area contributed by atoms with Gasteiger partial charge >= 0.3 is 0 Å². The van der Waals surface area contributed by atoms with E-state index in [0.29, 0.717) is 6.54 Å². The minimum atomic E-state index is -0.368. The molecule has 4 nitrogen and oxygen atoms in total. The number of carbonyl (C=O) groups is 1. The maximum absolute atomic E-state index is 12.4. The molecule has 0 saturated heterocycles. The molecule has 0 rings (SSSR count). The average Bonchev–Trinajstić information content (AvgIpc) is 2.22. The van der Waals surface area contributed by atoms with Gasteiger partial charge in [0.05, 0.1) is 6.10 Å². The van der Waals surface area contributed by atoms with Crippen LogP contribution >= 0.6 is 0 Å². The smallest absolute Gasteiger partial charge is 0.226 e. The van der Waals surface area contributed by atoms with Crippen molar-refractivity contribution in [3.8, 4) is 0 Å². The van der Waals surface area contributed by atoms with Crippen LogP contribution in [0, 0.1) is 16.7 Å². The highest BCUT2D eigenvalue weighted by atomic mass is 16.6. The number of amides is 1. The molecule has 0 spiro atoms. The Bertz CT molecular complexity index is 271. The summed E-state index contributed by atoms with van der Waals surface area (Å²) in [5.74, 6) is 5.44. The van der Waals surface area contributed by atoms with E-state index in [4.69, 9.17) is 5.90 Å². The highest BCUT2D eigenvalue weighted by Crippen LogP contribution is 2.39. The van der Waals surface area contributed by atoms with Crippen LogP contribution in [0.4, 0.5) is 0 Å². The van der Waals surface area contributed by atoms with Crippen LogP contribution in [-0.2, 0) is 9.63 Å². The van der Waals surface area contributed by atoms with Gasteiger partial charge in [0.15, 0.2) is 0 Å². The van der Waals surface area contributed by atoms with E-state index in [1.165, 1.54) is 0 Å². The Morgan fingerprint density at radius 3 is 2.06 bits per heavy atom. The molecule has 0 heterocycles. The predicted octanol–water partition coefficient (Wildman–Crippen LogP) is 2.48. The van der Waals surface area contributed by atoms with Gasteiger partial charge in [-0.3, -0.25) is 9.63 Å².